The van der Waals surface area contributed by atoms with Crippen LogP contribution in [0.15, 0.2) is 36.7 Å². The van der Waals surface area contributed by atoms with Gasteiger partial charge >= 0.3 is 0 Å². The van der Waals surface area contributed by atoms with Crippen LogP contribution in [0.5, 0.6) is 0 Å². The summed E-state index contributed by atoms with van der Waals surface area (Å²) in [6.45, 7) is 2.66. The second kappa shape index (κ2) is 5.66. The SMILES string of the molecule is Cc1ccncc1CNc1ccc(C#N)c(C#N)c1. The quantitative estimate of drug-likeness (QED) is 0.906. The molecule has 0 bridgehead atoms. The normalized spacial score (nSPS) is 9.42. The maximum Gasteiger partial charge on any atom is 0.101 e. The summed E-state index contributed by atoms with van der Waals surface area (Å²) in [5.74, 6) is 0. The second-order valence-corrected chi connectivity index (χ2v) is 4.14. The summed E-state index contributed by atoms with van der Waals surface area (Å²) in [5.41, 5.74) is 3.86. The molecule has 0 unspecified atom stereocenters. The molecule has 0 saturated carbocycles. The maximum atomic E-state index is 8.96. The van der Waals surface area contributed by atoms with Gasteiger partial charge in [-0.15, -0.1) is 0 Å². The van der Waals surface area contributed by atoms with Crippen molar-refractivity contribution in [2.24, 2.45) is 0 Å². The molecule has 0 aliphatic rings. The largest absolute Gasteiger partial charge is 0.381 e. The van der Waals surface area contributed by atoms with Crippen LogP contribution in [0.1, 0.15) is 22.3 Å². The highest BCUT2D eigenvalue weighted by Crippen LogP contribution is 2.16. The van der Waals surface area contributed by atoms with E-state index < -0.39 is 0 Å². The van der Waals surface area contributed by atoms with Crippen LogP contribution in [0.3, 0.4) is 0 Å². The minimum absolute atomic E-state index is 0.385. The molecular weight excluding hydrogens is 236 g/mol. The number of aromatic nitrogens is 1. The molecule has 0 radical (unpaired) electrons. The van der Waals surface area contributed by atoms with Gasteiger partial charge in [0.2, 0.25) is 0 Å². The van der Waals surface area contributed by atoms with Gasteiger partial charge in [-0.05, 0) is 42.3 Å². The van der Waals surface area contributed by atoms with Gasteiger partial charge in [0.1, 0.15) is 12.1 Å². The van der Waals surface area contributed by atoms with Crippen LogP contribution in [0.4, 0.5) is 5.69 Å². The molecule has 0 aliphatic carbocycles. The molecule has 0 aliphatic heterocycles. The fourth-order valence-corrected chi connectivity index (χ4v) is 1.72. The van der Waals surface area contributed by atoms with E-state index in [1.807, 2.05) is 31.3 Å². The number of aryl methyl sites for hydroxylation is 1. The number of hydrogen-bond donors (Lipinski definition) is 1. The highest BCUT2D eigenvalue weighted by molar-refractivity contribution is 5.56. The first-order valence-electron chi connectivity index (χ1n) is 5.82. The van der Waals surface area contributed by atoms with E-state index in [0.29, 0.717) is 17.7 Å². The van der Waals surface area contributed by atoms with Gasteiger partial charge in [0, 0.05) is 24.6 Å². The molecule has 2 aromatic rings. The summed E-state index contributed by atoms with van der Waals surface area (Å²) in [6.07, 6.45) is 3.57. The van der Waals surface area contributed by atoms with Crippen molar-refractivity contribution in [2.45, 2.75) is 13.5 Å². The molecule has 4 nitrogen and oxygen atoms in total. The zero-order chi connectivity index (χ0) is 13.7. The predicted octanol–water partition coefficient (Wildman–Crippen LogP) is 2.75. The van der Waals surface area contributed by atoms with Crippen molar-refractivity contribution in [2.75, 3.05) is 5.32 Å². The van der Waals surface area contributed by atoms with Gasteiger partial charge in [-0.1, -0.05) is 0 Å². The van der Waals surface area contributed by atoms with Gasteiger partial charge in [-0.3, -0.25) is 4.98 Å². The molecule has 2 rings (SSSR count). The topological polar surface area (TPSA) is 72.5 Å². The van der Waals surface area contributed by atoms with E-state index in [4.69, 9.17) is 10.5 Å². The molecular formula is C15H12N4. The Balaban J connectivity index is 2.15. The molecule has 1 aromatic carbocycles. The number of hydrogen-bond acceptors (Lipinski definition) is 4. The van der Waals surface area contributed by atoms with E-state index in [1.165, 1.54) is 0 Å². The number of anilines is 1. The summed E-state index contributed by atoms with van der Waals surface area (Å²) >= 11 is 0. The first-order chi connectivity index (χ1) is 9.24. The molecule has 1 heterocycles. The molecule has 0 fully saturated rings. The Hall–Kier alpha value is -2.85. The van der Waals surface area contributed by atoms with Crippen molar-refractivity contribution in [1.82, 2.24) is 4.98 Å². The van der Waals surface area contributed by atoms with E-state index in [1.54, 1.807) is 24.4 Å². The third kappa shape index (κ3) is 2.88. The Bertz CT molecular complexity index is 677. The van der Waals surface area contributed by atoms with E-state index >= 15 is 0 Å². The van der Waals surface area contributed by atoms with Crippen molar-refractivity contribution < 1.29 is 0 Å². The minimum atomic E-state index is 0.385. The smallest absolute Gasteiger partial charge is 0.101 e. The van der Waals surface area contributed by atoms with Crippen molar-refractivity contribution >= 4 is 5.69 Å². The Morgan fingerprint density at radius 1 is 1.16 bits per heavy atom. The van der Waals surface area contributed by atoms with Crippen LogP contribution in [-0.2, 0) is 6.54 Å². The molecule has 19 heavy (non-hydrogen) atoms. The fraction of sp³-hybridized carbons (Fsp3) is 0.133. The number of benzene rings is 1. The molecule has 0 spiro atoms. The number of nitrogens with one attached hydrogen (secondary N) is 1. The Kier molecular flexibility index (Phi) is 3.75. The van der Waals surface area contributed by atoms with Crippen LogP contribution in [0.2, 0.25) is 0 Å². The van der Waals surface area contributed by atoms with Gasteiger partial charge in [0.15, 0.2) is 0 Å². The second-order valence-electron chi connectivity index (χ2n) is 4.14. The standard InChI is InChI=1S/C15H12N4/c1-11-4-5-18-9-14(11)10-19-15-3-2-12(7-16)13(6-15)8-17/h2-6,9,19H,10H2,1H3. The lowest BCUT2D eigenvalue weighted by Crippen LogP contribution is -2.02. The third-order valence-electron chi connectivity index (χ3n) is 2.89. The summed E-state index contributed by atoms with van der Waals surface area (Å²) in [6, 6.07) is 11.1. The van der Waals surface area contributed by atoms with E-state index in [2.05, 4.69) is 10.3 Å². The van der Waals surface area contributed by atoms with Crippen LogP contribution in [0.25, 0.3) is 0 Å². The van der Waals surface area contributed by atoms with Gasteiger partial charge in [-0.2, -0.15) is 10.5 Å². The van der Waals surface area contributed by atoms with Crippen molar-refractivity contribution in [3.63, 3.8) is 0 Å². The number of rotatable bonds is 3. The lowest BCUT2D eigenvalue weighted by Gasteiger charge is -2.09. The molecule has 0 amide bonds. The monoisotopic (exact) mass is 248 g/mol. The van der Waals surface area contributed by atoms with Crippen molar-refractivity contribution in [3.05, 3.63) is 58.9 Å². The van der Waals surface area contributed by atoms with Gasteiger partial charge < -0.3 is 5.32 Å². The Morgan fingerprint density at radius 2 is 1.95 bits per heavy atom. The van der Waals surface area contributed by atoms with Gasteiger partial charge in [0.05, 0.1) is 11.1 Å². The lowest BCUT2D eigenvalue weighted by molar-refractivity contribution is 1.08. The molecule has 1 aromatic heterocycles. The average molecular weight is 248 g/mol. The third-order valence-corrected chi connectivity index (χ3v) is 2.89. The predicted molar refractivity (Wildman–Crippen MR) is 72.2 cm³/mol. The summed E-state index contributed by atoms with van der Waals surface area (Å²) in [4.78, 5) is 4.08. The molecule has 1 N–H and O–H groups in total. The lowest BCUT2D eigenvalue weighted by atomic mass is 10.1. The number of nitrogens with zero attached hydrogens (tertiary/aromatic N) is 3. The first kappa shape index (κ1) is 12.6. The van der Waals surface area contributed by atoms with Crippen molar-refractivity contribution in [3.8, 4) is 12.1 Å². The van der Waals surface area contributed by atoms with E-state index in [0.717, 1.165) is 16.8 Å². The van der Waals surface area contributed by atoms with E-state index in [9.17, 15) is 0 Å². The average Bonchev–Trinajstić information content (AvgIpc) is 2.46. The highest BCUT2D eigenvalue weighted by atomic mass is 14.9. The molecule has 0 atom stereocenters. The fourth-order valence-electron chi connectivity index (χ4n) is 1.72. The minimum Gasteiger partial charge on any atom is -0.381 e. The van der Waals surface area contributed by atoms with Crippen LogP contribution in [-0.4, -0.2) is 4.98 Å². The zero-order valence-corrected chi connectivity index (χ0v) is 10.5. The molecule has 0 saturated heterocycles. The van der Waals surface area contributed by atoms with Gasteiger partial charge in [0.25, 0.3) is 0 Å². The Labute approximate surface area is 112 Å². The molecule has 4 heteroatoms. The van der Waals surface area contributed by atoms with Crippen LogP contribution < -0.4 is 5.32 Å². The maximum absolute atomic E-state index is 8.96. The zero-order valence-electron chi connectivity index (χ0n) is 10.5. The number of pyridine rings is 1. The van der Waals surface area contributed by atoms with Gasteiger partial charge in [-0.25, -0.2) is 0 Å². The van der Waals surface area contributed by atoms with E-state index in [-0.39, 0.29) is 0 Å². The summed E-state index contributed by atoms with van der Waals surface area (Å²) < 4.78 is 0. The summed E-state index contributed by atoms with van der Waals surface area (Å²) in [7, 11) is 0. The Morgan fingerprint density at radius 3 is 2.63 bits per heavy atom. The number of nitriles is 2. The van der Waals surface area contributed by atoms with Crippen molar-refractivity contribution in [1.29, 1.82) is 10.5 Å². The highest BCUT2D eigenvalue weighted by Gasteiger charge is 2.03. The molecule has 92 valence electrons. The first-order valence-corrected chi connectivity index (χ1v) is 5.82. The van der Waals surface area contributed by atoms with Crippen LogP contribution in [0, 0.1) is 29.6 Å². The summed E-state index contributed by atoms with van der Waals surface area (Å²) in [5, 5.41) is 21.0. The van der Waals surface area contributed by atoms with Crippen LogP contribution >= 0.6 is 0 Å².